The molecule has 0 saturated heterocycles. The van der Waals surface area contributed by atoms with Gasteiger partial charge in [0.15, 0.2) is 5.96 Å². The zero-order chi connectivity index (χ0) is 17.5. The predicted molar refractivity (Wildman–Crippen MR) is 98.3 cm³/mol. The summed E-state index contributed by atoms with van der Waals surface area (Å²) >= 11 is 0. The maximum Gasteiger partial charge on any atom is 0.191 e. The number of ether oxygens (including phenoxy) is 1. The lowest BCUT2D eigenvalue weighted by Gasteiger charge is -2.27. The Labute approximate surface area is 141 Å². The first-order chi connectivity index (χ1) is 10.8. The van der Waals surface area contributed by atoms with E-state index in [4.69, 9.17) is 9.73 Å². The molecule has 5 heteroatoms. The summed E-state index contributed by atoms with van der Waals surface area (Å²) in [6.45, 7) is 9.95. The maximum atomic E-state index is 5.50. The van der Waals surface area contributed by atoms with Crippen molar-refractivity contribution in [3.8, 4) is 5.75 Å². The summed E-state index contributed by atoms with van der Waals surface area (Å²) in [4.78, 5) is 6.94. The molecule has 0 radical (unpaired) electrons. The van der Waals surface area contributed by atoms with Gasteiger partial charge in [0.05, 0.1) is 19.7 Å². The summed E-state index contributed by atoms with van der Waals surface area (Å²) in [5.74, 6) is 1.73. The van der Waals surface area contributed by atoms with E-state index < -0.39 is 0 Å². The Morgan fingerprint density at radius 1 is 1.26 bits per heavy atom. The first-order valence-electron chi connectivity index (χ1n) is 8.14. The minimum absolute atomic E-state index is 0.0287. The maximum absolute atomic E-state index is 5.50. The number of likely N-dealkylation sites (N-methyl/N-ethyl adjacent to an activating group) is 1. The number of nitrogens with one attached hydrogen (secondary N) is 2. The molecule has 0 aromatic heterocycles. The quantitative estimate of drug-likeness (QED) is 0.625. The van der Waals surface area contributed by atoms with Crippen molar-refractivity contribution in [3.63, 3.8) is 0 Å². The standard InChI is InChI=1S/C18H32N4O/c1-8-19-17(21-18(2,3)4)20-13-15(22(5)6)14-11-9-10-12-16(14)23-7/h9-12,15H,8,13H2,1-7H3,(H2,19,20,21). The molecule has 1 aromatic rings. The van der Waals surface area contributed by atoms with E-state index in [-0.39, 0.29) is 11.6 Å². The van der Waals surface area contributed by atoms with Crippen LogP contribution in [0.15, 0.2) is 29.3 Å². The van der Waals surface area contributed by atoms with Crippen LogP contribution in [0.2, 0.25) is 0 Å². The second kappa shape index (κ2) is 8.77. The van der Waals surface area contributed by atoms with Gasteiger partial charge in [-0.05, 0) is 47.9 Å². The molecule has 5 nitrogen and oxygen atoms in total. The Morgan fingerprint density at radius 3 is 2.43 bits per heavy atom. The molecule has 1 unspecified atom stereocenters. The Kier molecular flexibility index (Phi) is 7.36. The topological polar surface area (TPSA) is 48.9 Å². The number of aliphatic imine (C=N–C) groups is 1. The first-order valence-corrected chi connectivity index (χ1v) is 8.14. The normalized spacial score (nSPS) is 13.8. The zero-order valence-electron chi connectivity index (χ0n) is 15.6. The lowest BCUT2D eigenvalue weighted by atomic mass is 10.0. The molecule has 23 heavy (non-hydrogen) atoms. The van der Waals surface area contributed by atoms with Gasteiger partial charge in [-0.2, -0.15) is 0 Å². The second-order valence-electron chi connectivity index (χ2n) is 6.82. The fraction of sp³-hybridized carbons (Fsp3) is 0.611. The van der Waals surface area contributed by atoms with Crippen LogP contribution in [0, 0.1) is 0 Å². The van der Waals surface area contributed by atoms with E-state index in [2.05, 4.69) is 63.4 Å². The minimum Gasteiger partial charge on any atom is -0.496 e. The van der Waals surface area contributed by atoms with Gasteiger partial charge < -0.3 is 20.3 Å². The molecule has 1 atom stereocenters. The Balaban J connectivity index is 3.00. The molecule has 0 aliphatic heterocycles. The predicted octanol–water partition coefficient (Wildman–Crippen LogP) is 2.65. The van der Waals surface area contributed by atoms with E-state index in [1.165, 1.54) is 0 Å². The number of hydrogen-bond acceptors (Lipinski definition) is 3. The van der Waals surface area contributed by atoms with Gasteiger partial charge in [-0.15, -0.1) is 0 Å². The van der Waals surface area contributed by atoms with Gasteiger partial charge in [-0.1, -0.05) is 18.2 Å². The van der Waals surface area contributed by atoms with Crippen molar-refractivity contribution in [3.05, 3.63) is 29.8 Å². The molecule has 0 fully saturated rings. The SMILES string of the molecule is CCNC(=NCC(c1ccccc1OC)N(C)C)NC(C)(C)C. The number of methoxy groups -OCH3 is 1. The van der Waals surface area contributed by atoms with Crippen molar-refractivity contribution in [1.82, 2.24) is 15.5 Å². The van der Waals surface area contributed by atoms with Crippen LogP contribution in [-0.2, 0) is 0 Å². The highest BCUT2D eigenvalue weighted by molar-refractivity contribution is 5.80. The fourth-order valence-electron chi connectivity index (χ4n) is 2.32. The summed E-state index contributed by atoms with van der Waals surface area (Å²) in [6.07, 6.45) is 0. The average molecular weight is 320 g/mol. The molecule has 1 rings (SSSR count). The molecule has 1 aromatic carbocycles. The largest absolute Gasteiger partial charge is 0.496 e. The van der Waals surface area contributed by atoms with Crippen LogP contribution in [-0.4, -0.2) is 50.7 Å². The number of para-hydroxylation sites is 1. The van der Waals surface area contributed by atoms with E-state index >= 15 is 0 Å². The van der Waals surface area contributed by atoms with Crippen molar-refractivity contribution in [2.45, 2.75) is 39.3 Å². The third-order valence-electron chi connectivity index (χ3n) is 3.38. The average Bonchev–Trinajstić information content (AvgIpc) is 2.46. The molecule has 2 N–H and O–H groups in total. The molecular formula is C18H32N4O. The monoisotopic (exact) mass is 320 g/mol. The highest BCUT2D eigenvalue weighted by atomic mass is 16.5. The number of rotatable bonds is 6. The van der Waals surface area contributed by atoms with Gasteiger partial charge in [-0.3, -0.25) is 4.99 Å². The molecule has 0 amide bonds. The van der Waals surface area contributed by atoms with E-state index in [1.54, 1.807) is 7.11 Å². The molecule has 0 heterocycles. The highest BCUT2D eigenvalue weighted by Crippen LogP contribution is 2.28. The summed E-state index contributed by atoms with van der Waals surface area (Å²) in [5, 5.41) is 6.72. The van der Waals surface area contributed by atoms with Crippen LogP contribution in [0.25, 0.3) is 0 Å². The van der Waals surface area contributed by atoms with Crippen LogP contribution in [0.4, 0.5) is 0 Å². The first kappa shape index (κ1) is 19.3. The highest BCUT2D eigenvalue weighted by Gasteiger charge is 2.19. The second-order valence-corrected chi connectivity index (χ2v) is 6.82. The number of benzene rings is 1. The molecular weight excluding hydrogens is 288 g/mol. The van der Waals surface area contributed by atoms with E-state index in [1.807, 2.05) is 18.2 Å². The van der Waals surface area contributed by atoms with Gasteiger partial charge in [0.2, 0.25) is 0 Å². The Hall–Kier alpha value is -1.75. The Bertz CT molecular complexity index is 506. The molecule has 0 spiro atoms. The van der Waals surface area contributed by atoms with Crippen molar-refractivity contribution in [1.29, 1.82) is 0 Å². The summed E-state index contributed by atoms with van der Waals surface area (Å²) < 4.78 is 5.50. The van der Waals surface area contributed by atoms with Gasteiger partial charge in [0.25, 0.3) is 0 Å². The summed E-state index contributed by atoms with van der Waals surface area (Å²) in [7, 11) is 5.84. The van der Waals surface area contributed by atoms with Gasteiger partial charge in [-0.25, -0.2) is 0 Å². The van der Waals surface area contributed by atoms with Crippen LogP contribution < -0.4 is 15.4 Å². The van der Waals surface area contributed by atoms with E-state index in [0.717, 1.165) is 23.8 Å². The lowest BCUT2D eigenvalue weighted by Crippen LogP contribution is -2.47. The van der Waals surface area contributed by atoms with Crippen molar-refractivity contribution >= 4 is 5.96 Å². The van der Waals surface area contributed by atoms with Crippen molar-refractivity contribution < 1.29 is 4.74 Å². The van der Waals surface area contributed by atoms with Crippen molar-refractivity contribution in [2.24, 2.45) is 4.99 Å². The molecule has 0 aliphatic rings. The van der Waals surface area contributed by atoms with Crippen LogP contribution in [0.3, 0.4) is 0 Å². The number of hydrogen-bond donors (Lipinski definition) is 2. The third kappa shape index (κ3) is 6.48. The van der Waals surface area contributed by atoms with Gasteiger partial charge >= 0.3 is 0 Å². The summed E-state index contributed by atoms with van der Waals surface area (Å²) in [6, 6.07) is 8.28. The molecule has 130 valence electrons. The van der Waals surface area contributed by atoms with E-state index in [0.29, 0.717) is 6.54 Å². The smallest absolute Gasteiger partial charge is 0.191 e. The number of guanidine groups is 1. The lowest BCUT2D eigenvalue weighted by molar-refractivity contribution is 0.295. The van der Waals surface area contributed by atoms with Crippen LogP contribution in [0.1, 0.15) is 39.3 Å². The zero-order valence-corrected chi connectivity index (χ0v) is 15.6. The van der Waals surface area contributed by atoms with Crippen LogP contribution in [0.5, 0.6) is 5.75 Å². The van der Waals surface area contributed by atoms with Crippen molar-refractivity contribution in [2.75, 3.05) is 34.3 Å². The number of nitrogens with zero attached hydrogens (tertiary/aromatic N) is 2. The molecule has 0 bridgehead atoms. The summed E-state index contributed by atoms with van der Waals surface area (Å²) in [5.41, 5.74) is 1.12. The minimum atomic E-state index is -0.0287. The van der Waals surface area contributed by atoms with Gasteiger partial charge in [0.1, 0.15) is 5.75 Å². The Morgan fingerprint density at radius 2 is 1.91 bits per heavy atom. The third-order valence-corrected chi connectivity index (χ3v) is 3.38. The van der Waals surface area contributed by atoms with E-state index in [9.17, 15) is 0 Å². The molecule has 0 aliphatic carbocycles. The van der Waals surface area contributed by atoms with Gasteiger partial charge in [0, 0.05) is 17.6 Å². The van der Waals surface area contributed by atoms with Crippen LogP contribution >= 0.6 is 0 Å². The fourth-order valence-corrected chi connectivity index (χ4v) is 2.32. The molecule has 0 saturated carbocycles.